The molecule has 1 aromatic carbocycles. The Morgan fingerprint density at radius 2 is 2.06 bits per heavy atom. The van der Waals surface area contributed by atoms with Gasteiger partial charge in [-0.05, 0) is 24.1 Å². The van der Waals surface area contributed by atoms with Gasteiger partial charge >= 0.3 is 6.36 Å². The van der Waals surface area contributed by atoms with Gasteiger partial charge in [-0.15, -0.1) is 13.2 Å². The topological polar surface area (TPSA) is 26.3 Å². The highest BCUT2D eigenvalue weighted by molar-refractivity contribution is 6.32. The fourth-order valence-corrected chi connectivity index (χ4v) is 2.11. The molecule has 1 unspecified atom stereocenters. The van der Waals surface area contributed by atoms with Crippen molar-refractivity contribution in [2.75, 3.05) is 0 Å². The number of carbonyl (C=O) groups is 1. The Morgan fingerprint density at radius 1 is 1.41 bits per heavy atom. The van der Waals surface area contributed by atoms with E-state index in [1.807, 2.05) is 0 Å². The number of rotatable bonds is 1. The summed E-state index contributed by atoms with van der Waals surface area (Å²) >= 11 is 5.67. The molecule has 0 heterocycles. The van der Waals surface area contributed by atoms with Crippen LogP contribution in [0.15, 0.2) is 12.1 Å². The molecular formula is C11H8ClF3O2. The average molecular weight is 265 g/mol. The summed E-state index contributed by atoms with van der Waals surface area (Å²) in [5.41, 5.74) is 0.933. The van der Waals surface area contributed by atoms with Gasteiger partial charge in [0.1, 0.15) is 5.75 Å². The lowest BCUT2D eigenvalue weighted by atomic mass is 10.1. The van der Waals surface area contributed by atoms with Gasteiger partial charge in [0.15, 0.2) is 5.78 Å². The van der Waals surface area contributed by atoms with Gasteiger partial charge in [-0.2, -0.15) is 0 Å². The molecule has 92 valence electrons. The number of benzene rings is 1. The average Bonchev–Trinajstić information content (AvgIpc) is 2.42. The highest BCUT2D eigenvalue weighted by Crippen LogP contribution is 2.37. The highest BCUT2D eigenvalue weighted by atomic mass is 35.5. The molecule has 6 heteroatoms. The molecule has 0 aliphatic heterocycles. The van der Waals surface area contributed by atoms with E-state index < -0.39 is 12.1 Å². The van der Waals surface area contributed by atoms with Crippen molar-refractivity contribution >= 4 is 17.4 Å². The fourth-order valence-electron chi connectivity index (χ4n) is 1.88. The minimum Gasteiger partial charge on any atom is -0.404 e. The summed E-state index contributed by atoms with van der Waals surface area (Å²) in [6, 6.07) is 2.43. The fraction of sp³-hybridized carbons (Fsp3) is 0.364. The highest BCUT2D eigenvalue weighted by Gasteiger charge is 2.34. The molecule has 1 atom stereocenters. The largest absolute Gasteiger partial charge is 0.573 e. The molecule has 0 saturated heterocycles. The van der Waals surface area contributed by atoms with E-state index in [2.05, 4.69) is 4.74 Å². The first kappa shape index (κ1) is 12.2. The Morgan fingerprint density at radius 3 is 2.65 bits per heavy atom. The molecule has 0 bridgehead atoms. The normalized spacial score (nSPS) is 19.4. The third-order valence-electron chi connectivity index (χ3n) is 2.62. The number of hydrogen-bond donors (Lipinski definition) is 0. The van der Waals surface area contributed by atoms with Crippen molar-refractivity contribution in [3.8, 4) is 5.75 Å². The SMILES string of the molecule is CC1Cc2cc(Cl)c(OC(F)(F)F)cc2C1=O. The zero-order valence-corrected chi connectivity index (χ0v) is 9.52. The zero-order valence-electron chi connectivity index (χ0n) is 8.77. The third kappa shape index (κ3) is 2.39. The molecular weight excluding hydrogens is 257 g/mol. The molecule has 0 saturated carbocycles. The van der Waals surface area contributed by atoms with Gasteiger partial charge in [0, 0.05) is 11.5 Å². The Kier molecular flexibility index (Phi) is 2.81. The minimum atomic E-state index is -4.81. The summed E-state index contributed by atoms with van der Waals surface area (Å²) in [6.45, 7) is 1.72. The van der Waals surface area contributed by atoms with Gasteiger partial charge in [-0.25, -0.2) is 0 Å². The molecule has 1 aromatic rings. The van der Waals surface area contributed by atoms with Crippen LogP contribution < -0.4 is 4.74 Å². The molecule has 0 fully saturated rings. The van der Waals surface area contributed by atoms with Gasteiger partial charge in [-0.3, -0.25) is 4.79 Å². The number of hydrogen-bond acceptors (Lipinski definition) is 2. The lowest BCUT2D eigenvalue weighted by Crippen LogP contribution is -2.17. The van der Waals surface area contributed by atoms with Crippen LogP contribution in [0.5, 0.6) is 5.75 Å². The smallest absolute Gasteiger partial charge is 0.404 e. The monoisotopic (exact) mass is 264 g/mol. The van der Waals surface area contributed by atoms with Crippen LogP contribution in [0.25, 0.3) is 0 Å². The summed E-state index contributed by atoms with van der Waals surface area (Å²) in [6.07, 6.45) is -4.31. The molecule has 1 aliphatic carbocycles. The predicted molar refractivity (Wildman–Crippen MR) is 55.3 cm³/mol. The van der Waals surface area contributed by atoms with Crippen molar-refractivity contribution in [2.45, 2.75) is 19.7 Å². The summed E-state index contributed by atoms with van der Waals surface area (Å²) in [7, 11) is 0. The number of fused-ring (bicyclic) bond motifs is 1. The maximum Gasteiger partial charge on any atom is 0.573 e. The Balaban J connectivity index is 2.42. The minimum absolute atomic E-state index is 0.136. The maximum atomic E-state index is 12.1. The van der Waals surface area contributed by atoms with Crippen LogP contribution in [0.3, 0.4) is 0 Å². The maximum absolute atomic E-state index is 12.1. The van der Waals surface area contributed by atoms with Crippen molar-refractivity contribution in [1.82, 2.24) is 0 Å². The van der Waals surface area contributed by atoms with E-state index in [-0.39, 0.29) is 22.3 Å². The Bertz CT molecular complexity index is 482. The van der Waals surface area contributed by atoms with Crippen molar-refractivity contribution < 1.29 is 22.7 Å². The third-order valence-corrected chi connectivity index (χ3v) is 2.92. The van der Waals surface area contributed by atoms with E-state index in [0.717, 1.165) is 6.07 Å². The van der Waals surface area contributed by atoms with Gasteiger partial charge in [0.2, 0.25) is 0 Å². The Hall–Kier alpha value is -1.23. The van der Waals surface area contributed by atoms with Gasteiger partial charge < -0.3 is 4.74 Å². The first-order chi connectivity index (χ1) is 7.78. The summed E-state index contributed by atoms with van der Waals surface area (Å²) in [5.74, 6) is -0.925. The second-order valence-corrected chi connectivity index (χ2v) is 4.36. The summed E-state index contributed by atoms with van der Waals surface area (Å²) < 4.78 is 40.0. The molecule has 0 aromatic heterocycles. The number of ether oxygens (including phenoxy) is 1. The van der Waals surface area contributed by atoms with Crippen LogP contribution in [0.1, 0.15) is 22.8 Å². The molecule has 0 spiro atoms. The first-order valence-corrected chi connectivity index (χ1v) is 5.28. The second kappa shape index (κ2) is 3.91. The van der Waals surface area contributed by atoms with Crippen LogP contribution in [0.2, 0.25) is 5.02 Å². The van der Waals surface area contributed by atoms with Crippen LogP contribution in [0.4, 0.5) is 13.2 Å². The summed E-state index contributed by atoms with van der Waals surface area (Å²) in [4.78, 5) is 11.6. The van der Waals surface area contributed by atoms with Crippen LogP contribution in [0, 0.1) is 5.92 Å². The lowest BCUT2D eigenvalue weighted by Gasteiger charge is -2.11. The molecule has 0 N–H and O–H groups in total. The number of halogens is 4. The van der Waals surface area contributed by atoms with Gasteiger partial charge in [0.05, 0.1) is 5.02 Å². The Labute approximate surface area is 100 Å². The van der Waals surface area contributed by atoms with E-state index in [4.69, 9.17) is 11.6 Å². The van der Waals surface area contributed by atoms with E-state index >= 15 is 0 Å². The van der Waals surface area contributed by atoms with Crippen LogP contribution >= 0.6 is 11.6 Å². The number of ketones is 1. The van der Waals surface area contributed by atoms with Crippen molar-refractivity contribution in [1.29, 1.82) is 0 Å². The predicted octanol–water partition coefficient (Wildman–Crippen LogP) is 3.61. The van der Waals surface area contributed by atoms with E-state index in [1.54, 1.807) is 6.92 Å². The second-order valence-electron chi connectivity index (χ2n) is 3.96. The van der Waals surface area contributed by atoms with Gasteiger partial charge in [0.25, 0.3) is 0 Å². The van der Waals surface area contributed by atoms with Crippen molar-refractivity contribution in [2.24, 2.45) is 5.92 Å². The molecule has 17 heavy (non-hydrogen) atoms. The number of carbonyl (C=O) groups excluding carboxylic acids is 1. The zero-order chi connectivity index (χ0) is 12.8. The van der Waals surface area contributed by atoms with Crippen molar-refractivity contribution in [3.63, 3.8) is 0 Å². The summed E-state index contributed by atoms with van der Waals surface area (Å²) in [5, 5.41) is -0.136. The van der Waals surface area contributed by atoms with Crippen LogP contribution in [-0.4, -0.2) is 12.1 Å². The van der Waals surface area contributed by atoms with E-state index in [0.29, 0.717) is 12.0 Å². The van der Waals surface area contributed by atoms with Gasteiger partial charge in [-0.1, -0.05) is 18.5 Å². The molecule has 2 rings (SSSR count). The first-order valence-electron chi connectivity index (χ1n) is 4.90. The lowest BCUT2D eigenvalue weighted by molar-refractivity contribution is -0.274. The standard InChI is InChI=1S/C11H8ClF3O2/c1-5-2-6-3-8(12)9(17-11(13,14)15)4-7(6)10(5)16/h3-5H,2H2,1H3. The number of Topliss-reactive ketones (excluding diaryl/α,β-unsaturated/α-hetero) is 1. The number of alkyl halides is 3. The molecule has 1 aliphatic rings. The molecule has 0 radical (unpaired) electrons. The van der Waals surface area contributed by atoms with Crippen molar-refractivity contribution in [3.05, 3.63) is 28.3 Å². The quantitative estimate of drug-likeness (QED) is 0.774. The van der Waals surface area contributed by atoms with Crippen LogP contribution in [-0.2, 0) is 6.42 Å². The molecule has 2 nitrogen and oxygen atoms in total. The van der Waals surface area contributed by atoms with E-state index in [9.17, 15) is 18.0 Å². The van der Waals surface area contributed by atoms with E-state index in [1.165, 1.54) is 6.07 Å². The molecule has 0 amide bonds.